The van der Waals surface area contributed by atoms with Crippen molar-refractivity contribution in [3.63, 3.8) is 0 Å². The molecule has 2 heterocycles. The molecule has 0 atom stereocenters. The van der Waals surface area contributed by atoms with E-state index in [9.17, 15) is 0 Å². The number of hydrogen-bond acceptors (Lipinski definition) is 2. The zero-order chi connectivity index (χ0) is 15.6. The third kappa shape index (κ3) is 3.06. The van der Waals surface area contributed by atoms with Gasteiger partial charge in [-0.25, -0.2) is 0 Å². The SMILES string of the molecule is CC(C)(C)c1cc(-c2ccncc2)cc(-c2cccnc2)c1. The van der Waals surface area contributed by atoms with Crippen LogP contribution in [0.15, 0.2) is 67.3 Å². The van der Waals surface area contributed by atoms with Gasteiger partial charge in [0.1, 0.15) is 0 Å². The van der Waals surface area contributed by atoms with Crippen molar-refractivity contribution in [3.05, 3.63) is 72.8 Å². The molecule has 0 aliphatic rings. The van der Waals surface area contributed by atoms with E-state index in [0.29, 0.717) is 0 Å². The highest BCUT2D eigenvalue weighted by Gasteiger charge is 2.16. The van der Waals surface area contributed by atoms with Crippen LogP contribution >= 0.6 is 0 Å². The van der Waals surface area contributed by atoms with Crippen molar-refractivity contribution in [1.82, 2.24) is 9.97 Å². The fourth-order valence-corrected chi connectivity index (χ4v) is 2.47. The van der Waals surface area contributed by atoms with E-state index in [2.05, 4.69) is 67.1 Å². The van der Waals surface area contributed by atoms with Crippen LogP contribution < -0.4 is 0 Å². The fourth-order valence-electron chi connectivity index (χ4n) is 2.47. The molecule has 0 fully saturated rings. The first-order chi connectivity index (χ1) is 10.5. The first kappa shape index (κ1) is 14.5. The van der Waals surface area contributed by atoms with Gasteiger partial charge in [0, 0.05) is 30.4 Å². The van der Waals surface area contributed by atoms with Crippen LogP contribution in [0.2, 0.25) is 0 Å². The maximum atomic E-state index is 4.25. The van der Waals surface area contributed by atoms with Crippen LogP contribution in [0.25, 0.3) is 22.3 Å². The number of rotatable bonds is 2. The molecule has 0 spiro atoms. The average Bonchev–Trinajstić information content (AvgIpc) is 2.55. The molecule has 0 aliphatic heterocycles. The van der Waals surface area contributed by atoms with Gasteiger partial charge < -0.3 is 0 Å². The second-order valence-corrected chi connectivity index (χ2v) is 6.53. The topological polar surface area (TPSA) is 25.8 Å². The standard InChI is InChI=1S/C20H20N2/c1-20(2,3)19-12-17(15-6-9-21-10-7-15)11-18(13-19)16-5-4-8-22-14-16/h4-14H,1-3H3. The van der Waals surface area contributed by atoms with Crippen molar-refractivity contribution in [3.8, 4) is 22.3 Å². The van der Waals surface area contributed by atoms with Gasteiger partial charge in [0.25, 0.3) is 0 Å². The highest BCUT2D eigenvalue weighted by atomic mass is 14.6. The molecule has 22 heavy (non-hydrogen) atoms. The van der Waals surface area contributed by atoms with Gasteiger partial charge in [-0.15, -0.1) is 0 Å². The minimum Gasteiger partial charge on any atom is -0.265 e. The molecule has 3 rings (SSSR count). The maximum absolute atomic E-state index is 4.25. The van der Waals surface area contributed by atoms with Gasteiger partial charge in [0.2, 0.25) is 0 Å². The van der Waals surface area contributed by atoms with E-state index in [0.717, 1.165) is 5.56 Å². The van der Waals surface area contributed by atoms with Crippen molar-refractivity contribution in [1.29, 1.82) is 0 Å². The summed E-state index contributed by atoms with van der Waals surface area (Å²) in [5.74, 6) is 0. The van der Waals surface area contributed by atoms with Crippen LogP contribution in [0.4, 0.5) is 0 Å². The molecular weight excluding hydrogens is 268 g/mol. The Kier molecular flexibility index (Phi) is 3.76. The third-order valence-electron chi connectivity index (χ3n) is 3.81. The van der Waals surface area contributed by atoms with Gasteiger partial charge in [-0.05, 0) is 51.9 Å². The van der Waals surface area contributed by atoms with E-state index in [1.807, 2.05) is 24.7 Å². The molecule has 0 amide bonds. The highest BCUT2D eigenvalue weighted by molar-refractivity contribution is 5.74. The lowest BCUT2D eigenvalue weighted by Crippen LogP contribution is -2.11. The van der Waals surface area contributed by atoms with Gasteiger partial charge in [-0.2, -0.15) is 0 Å². The van der Waals surface area contributed by atoms with E-state index < -0.39 is 0 Å². The zero-order valence-corrected chi connectivity index (χ0v) is 13.2. The lowest BCUT2D eigenvalue weighted by atomic mass is 9.83. The zero-order valence-electron chi connectivity index (χ0n) is 13.2. The van der Waals surface area contributed by atoms with Crippen molar-refractivity contribution in [2.45, 2.75) is 26.2 Å². The lowest BCUT2D eigenvalue weighted by Gasteiger charge is -2.21. The first-order valence-corrected chi connectivity index (χ1v) is 7.50. The number of pyridine rings is 2. The number of aromatic nitrogens is 2. The third-order valence-corrected chi connectivity index (χ3v) is 3.81. The van der Waals surface area contributed by atoms with Gasteiger partial charge in [-0.1, -0.05) is 39.0 Å². The maximum Gasteiger partial charge on any atom is 0.0346 e. The van der Waals surface area contributed by atoms with Crippen molar-refractivity contribution in [2.24, 2.45) is 0 Å². The molecule has 0 bridgehead atoms. The molecule has 1 aromatic carbocycles. The van der Waals surface area contributed by atoms with E-state index in [1.54, 1.807) is 6.20 Å². The molecule has 0 aliphatic carbocycles. The number of benzene rings is 1. The summed E-state index contributed by atoms with van der Waals surface area (Å²) in [4.78, 5) is 8.36. The molecule has 0 saturated heterocycles. The van der Waals surface area contributed by atoms with Crippen LogP contribution in [0, 0.1) is 0 Å². The normalized spacial score (nSPS) is 11.4. The summed E-state index contributed by atoms with van der Waals surface area (Å²) in [5, 5.41) is 0. The van der Waals surface area contributed by atoms with Crippen LogP contribution in [-0.4, -0.2) is 9.97 Å². The minimum absolute atomic E-state index is 0.0972. The first-order valence-electron chi connectivity index (χ1n) is 7.50. The van der Waals surface area contributed by atoms with E-state index >= 15 is 0 Å². The molecule has 0 radical (unpaired) electrons. The molecule has 110 valence electrons. The van der Waals surface area contributed by atoms with Crippen LogP contribution in [0.3, 0.4) is 0 Å². The van der Waals surface area contributed by atoms with Crippen LogP contribution in [-0.2, 0) is 5.41 Å². The van der Waals surface area contributed by atoms with E-state index in [4.69, 9.17) is 0 Å². The Bertz CT molecular complexity index is 699. The minimum atomic E-state index is 0.0972. The number of hydrogen-bond donors (Lipinski definition) is 0. The van der Waals surface area contributed by atoms with Crippen molar-refractivity contribution < 1.29 is 0 Å². The molecule has 0 saturated carbocycles. The van der Waals surface area contributed by atoms with E-state index in [1.165, 1.54) is 22.3 Å². The highest BCUT2D eigenvalue weighted by Crippen LogP contribution is 2.32. The Labute approximate surface area is 131 Å². The molecular formula is C20H20N2. The molecule has 2 nitrogen and oxygen atoms in total. The lowest BCUT2D eigenvalue weighted by molar-refractivity contribution is 0.590. The Morgan fingerprint density at radius 1 is 0.682 bits per heavy atom. The summed E-state index contributed by atoms with van der Waals surface area (Å²) in [6.07, 6.45) is 7.39. The number of nitrogens with zero attached hydrogens (tertiary/aromatic N) is 2. The molecule has 3 aromatic rings. The predicted molar refractivity (Wildman–Crippen MR) is 91.6 cm³/mol. The molecule has 2 aromatic heterocycles. The Balaban J connectivity index is 2.19. The Hall–Kier alpha value is -2.48. The summed E-state index contributed by atoms with van der Waals surface area (Å²) in [7, 11) is 0. The Morgan fingerprint density at radius 3 is 1.95 bits per heavy atom. The predicted octanol–water partition coefficient (Wildman–Crippen LogP) is 5.11. The summed E-state index contributed by atoms with van der Waals surface area (Å²) in [5.41, 5.74) is 6.16. The Morgan fingerprint density at radius 2 is 1.36 bits per heavy atom. The van der Waals surface area contributed by atoms with Crippen molar-refractivity contribution in [2.75, 3.05) is 0 Å². The molecule has 0 N–H and O–H groups in total. The fraction of sp³-hybridized carbons (Fsp3) is 0.200. The monoisotopic (exact) mass is 288 g/mol. The van der Waals surface area contributed by atoms with Gasteiger partial charge in [-0.3, -0.25) is 9.97 Å². The summed E-state index contributed by atoms with van der Waals surface area (Å²) in [6.45, 7) is 6.73. The smallest absolute Gasteiger partial charge is 0.0346 e. The average molecular weight is 288 g/mol. The summed E-state index contributed by atoms with van der Waals surface area (Å²) < 4.78 is 0. The van der Waals surface area contributed by atoms with Crippen molar-refractivity contribution >= 4 is 0 Å². The largest absolute Gasteiger partial charge is 0.265 e. The van der Waals surface area contributed by atoms with E-state index in [-0.39, 0.29) is 5.41 Å². The van der Waals surface area contributed by atoms with Crippen LogP contribution in [0.1, 0.15) is 26.3 Å². The quantitative estimate of drug-likeness (QED) is 0.655. The molecule has 2 heteroatoms. The summed E-state index contributed by atoms with van der Waals surface area (Å²) >= 11 is 0. The van der Waals surface area contributed by atoms with Crippen LogP contribution in [0.5, 0.6) is 0 Å². The second kappa shape index (κ2) is 5.72. The van der Waals surface area contributed by atoms with Gasteiger partial charge in [0.15, 0.2) is 0 Å². The summed E-state index contributed by atoms with van der Waals surface area (Å²) in [6, 6.07) is 14.9. The second-order valence-electron chi connectivity index (χ2n) is 6.53. The van der Waals surface area contributed by atoms with Gasteiger partial charge in [0.05, 0.1) is 0 Å². The van der Waals surface area contributed by atoms with Gasteiger partial charge >= 0.3 is 0 Å². The molecule has 0 unspecified atom stereocenters.